The maximum Gasteiger partial charge on any atom is 0.223 e. The lowest BCUT2D eigenvalue weighted by atomic mass is 9.87. The summed E-state index contributed by atoms with van der Waals surface area (Å²) in [6, 6.07) is 13.5. The summed E-state index contributed by atoms with van der Waals surface area (Å²) < 4.78 is 33.5. The van der Waals surface area contributed by atoms with E-state index in [9.17, 15) is 13.6 Å². The minimum atomic E-state index is -0.443. The summed E-state index contributed by atoms with van der Waals surface area (Å²) in [5.41, 5.74) is 1.10. The lowest BCUT2D eigenvalue weighted by molar-refractivity contribution is -0.129. The Labute approximate surface area is 170 Å². The van der Waals surface area contributed by atoms with Gasteiger partial charge in [0.2, 0.25) is 5.91 Å². The summed E-state index contributed by atoms with van der Waals surface area (Å²) in [5.74, 6) is -0.739. The molecule has 2 saturated heterocycles. The van der Waals surface area contributed by atoms with E-state index in [1.807, 2.05) is 42.2 Å². The van der Waals surface area contributed by atoms with Gasteiger partial charge in [-0.25, -0.2) is 8.78 Å². The lowest BCUT2D eigenvalue weighted by Crippen LogP contribution is -2.41. The molecule has 1 amide bonds. The van der Waals surface area contributed by atoms with Gasteiger partial charge in [0.25, 0.3) is 0 Å². The molecule has 2 fully saturated rings. The van der Waals surface area contributed by atoms with Crippen LogP contribution in [0.15, 0.2) is 48.5 Å². The first-order chi connectivity index (χ1) is 14.0. The van der Waals surface area contributed by atoms with Gasteiger partial charge in [0, 0.05) is 43.6 Å². The van der Waals surface area contributed by atoms with E-state index >= 15 is 0 Å². The first kappa shape index (κ1) is 20.0. The van der Waals surface area contributed by atoms with Gasteiger partial charge in [0.05, 0.1) is 19.3 Å². The molecule has 0 radical (unpaired) electrons. The molecule has 0 unspecified atom stereocenters. The molecule has 0 bridgehead atoms. The van der Waals surface area contributed by atoms with Crippen LogP contribution in [-0.4, -0.2) is 48.6 Å². The third-order valence-corrected chi connectivity index (χ3v) is 6.02. The average Bonchev–Trinajstić information content (AvgIpc) is 2.90. The molecule has 154 valence electrons. The Morgan fingerprint density at radius 3 is 2.72 bits per heavy atom. The maximum absolute atomic E-state index is 14.1. The Balaban J connectivity index is 1.51. The van der Waals surface area contributed by atoms with Crippen LogP contribution < -0.4 is 0 Å². The largest absolute Gasteiger partial charge is 0.379 e. The maximum atomic E-state index is 14.1. The van der Waals surface area contributed by atoms with Gasteiger partial charge in [-0.3, -0.25) is 9.69 Å². The fourth-order valence-electron chi connectivity index (χ4n) is 4.52. The van der Waals surface area contributed by atoms with Gasteiger partial charge < -0.3 is 9.64 Å². The zero-order chi connectivity index (χ0) is 20.4. The smallest absolute Gasteiger partial charge is 0.223 e. The Bertz CT molecular complexity index is 876. The zero-order valence-electron chi connectivity index (χ0n) is 16.6. The van der Waals surface area contributed by atoms with E-state index in [4.69, 9.17) is 4.74 Å². The van der Waals surface area contributed by atoms with Gasteiger partial charge in [-0.1, -0.05) is 30.3 Å². The number of likely N-dealkylation sites (tertiary alicyclic amines) is 1. The van der Waals surface area contributed by atoms with Crippen LogP contribution >= 0.6 is 0 Å². The van der Waals surface area contributed by atoms with Crippen molar-refractivity contribution >= 4 is 5.91 Å². The Hall–Kier alpha value is -2.31. The SMILES string of the molecule is C[C@@H](c1ccccc1)N1C[C@@]2(COCCN(Cc3cc(F)ccc3F)C2)CC1=O. The van der Waals surface area contributed by atoms with Gasteiger partial charge in [-0.05, 0) is 30.7 Å². The molecule has 4 nitrogen and oxygen atoms in total. The van der Waals surface area contributed by atoms with Gasteiger partial charge in [0.15, 0.2) is 0 Å². The van der Waals surface area contributed by atoms with Gasteiger partial charge >= 0.3 is 0 Å². The predicted molar refractivity (Wildman–Crippen MR) is 106 cm³/mol. The van der Waals surface area contributed by atoms with Crippen LogP contribution in [0.5, 0.6) is 0 Å². The Kier molecular flexibility index (Phi) is 5.65. The van der Waals surface area contributed by atoms with Crippen LogP contribution in [0, 0.1) is 17.0 Å². The molecule has 4 rings (SSSR count). The van der Waals surface area contributed by atoms with E-state index < -0.39 is 11.6 Å². The van der Waals surface area contributed by atoms with Crippen LogP contribution in [0.3, 0.4) is 0 Å². The second kappa shape index (κ2) is 8.20. The molecular formula is C23H26F2N2O2. The van der Waals surface area contributed by atoms with Crippen molar-refractivity contribution < 1.29 is 18.3 Å². The predicted octanol–water partition coefficient (Wildman–Crippen LogP) is 3.78. The molecule has 2 aromatic rings. The topological polar surface area (TPSA) is 32.8 Å². The van der Waals surface area contributed by atoms with E-state index in [0.29, 0.717) is 51.4 Å². The molecule has 1 spiro atoms. The van der Waals surface area contributed by atoms with E-state index in [1.54, 1.807) is 0 Å². The standard InChI is InChI=1S/C23H26F2N2O2/c1-17(18-5-3-2-4-6-18)27-15-23(12-22(27)28)14-26(9-10-29-16-23)13-19-11-20(24)7-8-21(19)25/h2-8,11,17H,9-10,12-16H2,1H3/t17-,23+/m0/s1. The minimum Gasteiger partial charge on any atom is -0.379 e. The van der Waals surface area contributed by atoms with Gasteiger partial charge in [-0.2, -0.15) is 0 Å². The van der Waals surface area contributed by atoms with Gasteiger partial charge in [0.1, 0.15) is 11.6 Å². The lowest BCUT2D eigenvalue weighted by Gasteiger charge is -2.33. The third-order valence-electron chi connectivity index (χ3n) is 6.02. The number of hydrogen-bond acceptors (Lipinski definition) is 3. The first-order valence-electron chi connectivity index (χ1n) is 10.0. The molecule has 0 N–H and O–H groups in total. The molecule has 0 saturated carbocycles. The molecule has 29 heavy (non-hydrogen) atoms. The molecule has 2 aliphatic rings. The summed E-state index contributed by atoms with van der Waals surface area (Å²) in [6.07, 6.45) is 0.409. The number of benzene rings is 2. The number of carbonyl (C=O) groups is 1. The van der Waals surface area contributed by atoms with E-state index in [1.165, 1.54) is 6.07 Å². The van der Waals surface area contributed by atoms with Crippen molar-refractivity contribution in [2.24, 2.45) is 5.41 Å². The van der Waals surface area contributed by atoms with Crippen LogP contribution in [-0.2, 0) is 16.1 Å². The Morgan fingerprint density at radius 2 is 1.93 bits per heavy atom. The average molecular weight is 400 g/mol. The molecule has 6 heteroatoms. The Morgan fingerprint density at radius 1 is 1.14 bits per heavy atom. The van der Waals surface area contributed by atoms with Crippen molar-refractivity contribution in [3.8, 4) is 0 Å². The molecule has 2 aromatic carbocycles. The number of halogens is 2. The number of nitrogens with zero attached hydrogens (tertiary/aromatic N) is 2. The summed E-state index contributed by atoms with van der Waals surface area (Å²) in [6.45, 7) is 5.21. The molecule has 2 atom stereocenters. The quantitative estimate of drug-likeness (QED) is 0.783. The summed E-state index contributed by atoms with van der Waals surface area (Å²) >= 11 is 0. The van der Waals surface area contributed by atoms with Crippen molar-refractivity contribution in [1.29, 1.82) is 0 Å². The fraction of sp³-hybridized carbons (Fsp3) is 0.435. The fourth-order valence-corrected chi connectivity index (χ4v) is 4.52. The highest BCUT2D eigenvalue weighted by atomic mass is 19.1. The van der Waals surface area contributed by atoms with E-state index in [-0.39, 0.29) is 17.4 Å². The summed E-state index contributed by atoms with van der Waals surface area (Å²) in [5, 5.41) is 0. The van der Waals surface area contributed by atoms with E-state index in [2.05, 4.69) is 4.90 Å². The van der Waals surface area contributed by atoms with Crippen LogP contribution in [0.4, 0.5) is 8.78 Å². The molecule has 2 heterocycles. The molecular weight excluding hydrogens is 374 g/mol. The highest BCUT2D eigenvalue weighted by Gasteiger charge is 2.46. The second-order valence-corrected chi connectivity index (χ2v) is 8.28. The number of ether oxygens (including phenoxy) is 1. The number of hydrogen-bond donors (Lipinski definition) is 0. The highest BCUT2D eigenvalue weighted by molar-refractivity contribution is 5.80. The summed E-state index contributed by atoms with van der Waals surface area (Å²) in [7, 11) is 0. The van der Waals surface area contributed by atoms with Crippen molar-refractivity contribution in [1.82, 2.24) is 9.80 Å². The minimum absolute atomic E-state index is 0.0135. The van der Waals surface area contributed by atoms with Crippen LogP contribution in [0.1, 0.15) is 30.5 Å². The number of rotatable bonds is 4. The number of amides is 1. The first-order valence-corrected chi connectivity index (χ1v) is 10.0. The monoisotopic (exact) mass is 400 g/mol. The molecule has 0 aliphatic carbocycles. The molecule has 0 aromatic heterocycles. The normalized spacial score (nSPS) is 24.1. The molecule has 2 aliphatic heterocycles. The van der Waals surface area contributed by atoms with Crippen LogP contribution in [0.25, 0.3) is 0 Å². The van der Waals surface area contributed by atoms with Crippen molar-refractivity contribution in [3.63, 3.8) is 0 Å². The van der Waals surface area contributed by atoms with Gasteiger partial charge in [-0.15, -0.1) is 0 Å². The van der Waals surface area contributed by atoms with Crippen molar-refractivity contribution in [2.75, 3.05) is 32.8 Å². The summed E-state index contributed by atoms with van der Waals surface area (Å²) in [4.78, 5) is 16.9. The zero-order valence-corrected chi connectivity index (χ0v) is 16.6. The van der Waals surface area contributed by atoms with Crippen molar-refractivity contribution in [3.05, 3.63) is 71.3 Å². The van der Waals surface area contributed by atoms with E-state index in [0.717, 1.165) is 17.7 Å². The third kappa shape index (κ3) is 4.33. The highest BCUT2D eigenvalue weighted by Crippen LogP contribution is 2.38. The van der Waals surface area contributed by atoms with Crippen molar-refractivity contribution in [2.45, 2.75) is 25.9 Å². The van der Waals surface area contributed by atoms with Crippen LogP contribution in [0.2, 0.25) is 0 Å². The number of carbonyl (C=O) groups excluding carboxylic acids is 1. The second-order valence-electron chi connectivity index (χ2n) is 8.28.